The van der Waals surface area contributed by atoms with Crippen LogP contribution in [0.3, 0.4) is 0 Å². The van der Waals surface area contributed by atoms with E-state index in [1.807, 2.05) is 46.8 Å². The third-order valence-corrected chi connectivity index (χ3v) is 5.24. The van der Waals surface area contributed by atoms with Crippen molar-refractivity contribution in [2.75, 3.05) is 0 Å². The summed E-state index contributed by atoms with van der Waals surface area (Å²) in [5, 5.41) is 5.75. The van der Waals surface area contributed by atoms with E-state index in [9.17, 15) is 14.4 Å². The van der Waals surface area contributed by atoms with Crippen molar-refractivity contribution in [2.24, 2.45) is 5.92 Å². The van der Waals surface area contributed by atoms with Crippen LogP contribution < -0.4 is 10.6 Å². The number of hydrogen-bond donors (Lipinski definition) is 2. The molecule has 0 radical (unpaired) electrons. The van der Waals surface area contributed by atoms with Crippen molar-refractivity contribution in [3.8, 4) is 12.3 Å². The van der Waals surface area contributed by atoms with E-state index in [1.54, 1.807) is 37.8 Å². The number of amides is 3. The van der Waals surface area contributed by atoms with Gasteiger partial charge in [0.2, 0.25) is 11.8 Å². The molecule has 3 amide bonds. The van der Waals surface area contributed by atoms with E-state index in [1.165, 1.54) is 0 Å². The molecule has 1 saturated carbocycles. The fourth-order valence-electron chi connectivity index (χ4n) is 3.70. The molecule has 0 heterocycles. The van der Waals surface area contributed by atoms with E-state index < -0.39 is 29.3 Å². The summed E-state index contributed by atoms with van der Waals surface area (Å²) in [5.41, 5.74) is -0.0700. The van der Waals surface area contributed by atoms with Gasteiger partial charge in [0, 0.05) is 17.1 Å². The standard InChI is InChI=1S/C27H39N3O4/c1-10-18-13-11-12-14-20(18)22(23(31)29-26(4,5)6)30(19-15-16-19)24(32)21(17(2)3)28-25(33)34-27(7,8)9/h1,11-14,17,19,21-22H,15-16H2,2-9H3,(H,28,33)(H,29,31). The monoisotopic (exact) mass is 469 g/mol. The van der Waals surface area contributed by atoms with Crippen molar-refractivity contribution in [3.05, 3.63) is 35.4 Å². The van der Waals surface area contributed by atoms with Gasteiger partial charge in [-0.2, -0.15) is 0 Å². The molecular weight excluding hydrogens is 430 g/mol. The summed E-state index contributed by atoms with van der Waals surface area (Å²) in [4.78, 5) is 41.7. The van der Waals surface area contributed by atoms with Crippen molar-refractivity contribution in [1.29, 1.82) is 0 Å². The number of terminal acetylenes is 1. The molecule has 0 spiro atoms. The second kappa shape index (κ2) is 10.5. The number of carbonyl (C=O) groups excluding carboxylic acids is 3. The Morgan fingerprint density at radius 1 is 1.09 bits per heavy atom. The molecule has 2 unspecified atom stereocenters. The first kappa shape index (κ1) is 27.2. The van der Waals surface area contributed by atoms with Crippen molar-refractivity contribution in [3.63, 3.8) is 0 Å². The third kappa shape index (κ3) is 7.51. The van der Waals surface area contributed by atoms with Crippen molar-refractivity contribution >= 4 is 17.9 Å². The van der Waals surface area contributed by atoms with Gasteiger partial charge in [-0.05, 0) is 71.9 Å². The molecule has 7 nitrogen and oxygen atoms in total. The Bertz CT molecular complexity index is 946. The quantitative estimate of drug-likeness (QED) is 0.587. The van der Waals surface area contributed by atoms with E-state index in [0.717, 1.165) is 12.8 Å². The molecule has 7 heteroatoms. The van der Waals surface area contributed by atoms with Gasteiger partial charge >= 0.3 is 6.09 Å². The van der Waals surface area contributed by atoms with Gasteiger partial charge in [-0.15, -0.1) is 6.42 Å². The molecule has 1 fully saturated rings. The molecule has 0 saturated heterocycles. The maximum Gasteiger partial charge on any atom is 0.408 e. The zero-order valence-electron chi connectivity index (χ0n) is 21.7. The van der Waals surface area contributed by atoms with E-state index >= 15 is 0 Å². The van der Waals surface area contributed by atoms with E-state index in [2.05, 4.69) is 16.6 Å². The Labute approximate surface area is 204 Å². The molecule has 1 aliphatic carbocycles. The number of nitrogens with zero attached hydrogens (tertiary/aromatic N) is 1. The lowest BCUT2D eigenvalue weighted by molar-refractivity contribution is -0.144. The minimum atomic E-state index is -0.923. The van der Waals surface area contributed by atoms with Crippen molar-refractivity contribution in [2.45, 2.75) is 97.5 Å². The van der Waals surface area contributed by atoms with Crippen molar-refractivity contribution in [1.82, 2.24) is 15.5 Å². The van der Waals surface area contributed by atoms with Crippen LogP contribution in [0.2, 0.25) is 0 Å². The first-order valence-electron chi connectivity index (χ1n) is 11.8. The molecule has 2 atom stereocenters. The van der Waals surface area contributed by atoms with Gasteiger partial charge in [-0.25, -0.2) is 4.79 Å². The summed E-state index contributed by atoms with van der Waals surface area (Å²) in [6.07, 6.45) is 6.64. The van der Waals surface area contributed by atoms with Gasteiger partial charge in [-0.3, -0.25) is 9.59 Å². The average Bonchev–Trinajstić information content (AvgIpc) is 3.51. The van der Waals surface area contributed by atoms with Gasteiger partial charge in [0.25, 0.3) is 0 Å². The van der Waals surface area contributed by atoms with E-state index in [4.69, 9.17) is 11.2 Å². The van der Waals surface area contributed by atoms with Crippen LogP contribution in [0.1, 0.15) is 85.4 Å². The Balaban J connectivity index is 2.52. The molecule has 0 aliphatic heterocycles. The van der Waals surface area contributed by atoms with Crippen LogP contribution in [0, 0.1) is 18.3 Å². The molecule has 1 aliphatic rings. The highest BCUT2D eigenvalue weighted by molar-refractivity contribution is 5.93. The Hall–Kier alpha value is -3.01. The highest BCUT2D eigenvalue weighted by Gasteiger charge is 2.45. The maximum atomic E-state index is 14.0. The molecular formula is C27H39N3O4. The SMILES string of the molecule is C#Cc1ccccc1C(C(=O)NC(C)(C)C)N(C(=O)C(NC(=O)OC(C)(C)C)C(C)C)C1CC1. The first-order chi connectivity index (χ1) is 15.6. The van der Waals surface area contributed by atoms with Crippen LogP contribution >= 0.6 is 0 Å². The largest absolute Gasteiger partial charge is 0.444 e. The second-order valence-corrected chi connectivity index (χ2v) is 11.2. The number of carbonyl (C=O) groups is 3. The number of benzene rings is 1. The lowest BCUT2D eigenvalue weighted by atomic mass is 9.95. The number of hydrogen-bond acceptors (Lipinski definition) is 4. The maximum absolute atomic E-state index is 14.0. The average molecular weight is 470 g/mol. The first-order valence-corrected chi connectivity index (χ1v) is 11.8. The summed E-state index contributed by atoms with van der Waals surface area (Å²) in [5.74, 6) is 1.78. The summed E-state index contributed by atoms with van der Waals surface area (Å²) in [6, 6.07) is 5.27. The van der Waals surface area contributed by atoms with Gasteiger partial charge in [0.15, 0.2) is 0 Å². The molecule has 186 valence electrons. The number of alkyl carbamates (subject to hydrolysis) is 1. The number of rotatable bonds is 7. The Kier molecular flexibility index (Phi) is 8.41. The van der Waals surface area contributed by atoms with E-state index in [-0.39, 0.29) is 23.8 Å². The highest BCUT2D eigenvalue weighted by atomic mass is 16.6. The lowest BCUT2D eigenvalue weighted by Gasteiger charge is -2.37. The van der Waals surface area contributed by atoms with Crippen LogP contribution in [0.25, 0.3) is 0 Å². The van der Waals surface area contributed by atoms with E-state index in [0.29, 0.717) is 11.1 Å². The molecule has 0 aromatic heterocycles. The van der Waals surface area contributed by atoms with Gasteiger partial charge < -0.3 is 20.3 Å². The topological polar surface area (TPSA) is 87.7 Å². The smallest absolute Gasteiger partial charge is 0.408 e. The zero-order chi connectivity index (χ0) is 25.8. The summed E-state index contributed by atoms with van der Waals surface area (Å²) >= 11 is 0. The summed E-state index contributed by atoms with van der Waals surface area (Å²) in [7, 11) is 0. The Morgan fingerprint density at radius 2 is 1.68 bits per heavy atom. The van der Waals surface area contributed by atoms with Gasteiger partial charge in [-0.1, -0.05) is 38.0 Å². The highest BCUT2D eigenvalue weighted by Crippen LogP contribution is 2.37. The summed E-state index contributed by atoms with van der Waals surface area (Å²) < 4.78 is 5.39. The fourth-order valence-corrected chi connectivity index (χ4v) is 3.70. The minimum Gasteiger partial charge on any atom is -0.444 e. The fraction of sp³-hybridized carbons (Fsp3) is 0.593. The van der Waals surface area contributed by atoms with Gasteiger partial charge in [0.1, 0.15) is 17.7 Å². The lowest BCUT2D eigenvalue weighted by Crippen LogP contribution is -2.56. The van der Waals surface area contributed by atoms with Crippen LogP contribution in [0.4, 0.5) is 4.79 Å². The predicted octanol–water partition coefficient (Wildman–Crippen LogP) is 4.16. The minimum absolute atomic E-state index is 0.115. The van der Waals surface area contributed by atoms with Gasteiger partial charge in [0.05, 0.1) is 0 Å². The normalized spacial score (nSPS) is 15.6. The second-order valence-electron chi connectivity index (χ2n) is 11.2. The van der Waals surface area contributed by atoms with Crippen LogP contribution in [0.15, 0.2) is 24.3 Å². The molecule has 1 aromatic carbocycles. The Morgan fingerprint density at radius 3 is 2.15 bits per heavy atom. The zero-order valence-corrected chi connectivity index (χ0v) is 21.7. The molecule has 0 bridgehead atoms. The van der Waals surface area contributed by atoms with Crippen LogP contribution in [0.5, 0.6) is 0 Å². The molecule has 34 heavy (non-hydrogen) atoms. The molecule has 1 aromatic rings. The number of nitrogens with one attached hydrogen (secondary N) is 2. The van der Waals surface area contributed by atoms with Crippen molar-refractivity contribution < 1.29 is 19.1 Å². The van der Waals surface area contributed by atoms with Crippen LogP contribution in [-0.2, 0) is 14.3 Å². The van der Waals surface area contributed by atoms with Crippen LogP contribution in [-0.4, -0.2) is 46.0 Å². The predicted molar refractivity (Wildman–Crippen MR) is 133 cm³/mol. The molecule has 2 N–H and O–H groups in total. The summed E-state index contributed by atoms with van der Waals surface area (Å²) in [6.45, 7) is 14.7. The third-order valence-electron chi connectivity index (χ3n) is 5.24. The molecule has 2 rings (SSSR count). The number of ether oxygens (including phenoxy) is 1.